The van der Waals surface area contributed by atoms with Crippen LogP contribution in [0.15, 0.2) is 49.0 Å². The molecule has 32 heavy (non-hydrogen) atoms. The SMILES string of the molecule is C=C(C)c1cccc(C(C)(C)NC(=O)NNC(=O)Nc2c(C(C)C)cccc2C(C)C)c1. The molecule has 0 bridgehead atoms. The van der Waals surface area contributed by atoms with Gasteiger partial charge in [-0.15, -0.1) is 0 Å². The second-order valence-electron chi connectivity index (χ2n) is 9.27. The highest BCUT2D eigenvalue weighted by Crippen LogP contribution is 2.32. The molecule has 4 N–H and O–H groups in total. The summed E-state index contributed by atoms with van der Waals surface area (Å²) in [5.74, 6) is 0.493. The summed E-state index contributed by atoms with van der Waals surface area (Å²) >= 11 is 0. The number of para-hydroxylation sites is 1. The highest BCUT2D eigenvalue weighted by atomic mass is 16.2. The molecule has 0 fully saturated rings. The number of carbonyl (C=O) groups is 2. The van der Waals surface area contributed by atoms with Gasteiger partial charge in [-0.25, -0.2) is 20.4 Å². The summed E-state index contributed by atoms with van der Waals surface area (Å²) in [5, 5.41) is 5.80. The standard InChI is InChI=1S/C26H36N4O2/c1-16(2)19-11-9-12-20(15-19)26(7,8)28-25(32)30-29-24(31)27-23-21(17(3)4)13-10-14-22(23)18(5)6/h9-15,17-18H,1H2,2-8H3,(H2,27,29,31)(H2,28,30,32). The van der Waals surface area contributed by atoms with Crippen molar-refractivity contribution < 1.29 is 9.59 Å². The molecule has 172 valence electrons. The number of anilines is 1. The number of allylic oxidation sites excluding steroid dienone is 1. The van der Waals surface area contributed by atoms with Crippen LogP contribution >= 0.6 is 0 Å². The quantitative estimate of drug-likeness (QED) is 0.404. The Labute approximate surface area is 191 Å². The van der Waals surface area contributed by atoms with E-state index in [1.54, 1.807) is 0 Å². The summed E-state index contributed by atoms with van der Waals surface area (Å²) in [6.07, 6.45) is 0. The van der Waals surface area contributed by atoms with Gasteiger partial charge in [0.1, 0.15) is 0 Å². The molecule has 0 atom stereocenters. The Morgan fingerprint density at radius 3 is 1.94 bits per heavy atom. The third-order valence-corrected chi connectivity index (χ3v) is 5.40. The van der Waals surface area contributed by atoms with E-state index in [4.69, 9.17) is 0 Å². The van der Waals surface area contributed by atoms with Crippen molar-refractivity contribution in [3.8, 4) is 0 Å². The van der Waals surface area contributed by atoms with Crippen LogP contribution in [0.25, 0.3) is 5.57 Å². The highest BCUT2D eigenvalue weighted by Gasteiger charge is 2.23. The van der Waals surface area contributed by atoms with E-state index < -0.39 is 17.6 Å². The monoisotopic (exact) mass is 436 g/mol. The Kier molecular flexibility index (Phi) is 8.08. The minimum atomic E-state index is -0.650. The average Bonchev–Trinajstić information content (AvgIpc) is 2.71. The fraction of sp³-hybridized carbons (Fsp3) is 0.385. The number of amides is 4. The van der Waals surface area contributed by atoms with Gasteiger partial charge in [0.05, 0.1) is 5.54 Å². The lowest BCUT2D eigenvalue weighted by Crippen LogP contribution is -2.53. The van der Waals surface area contributed by atoms with Crippen LogP contribution in [-0.4, -0.2) is 12.1 Å². The van der Waals surface area contributed by atoms with Gasteiger partial charge in [-0.2, -0.15) is 0 Å². The maximum absolute atomic E-state index is 12.5. The van der Waals surface area contributed by atoms with Gasteiger partial charge in [-0.05, 0) is 60.9 Å². The maximum atomic E-state index is 12.5. The third kappa shape index (κ3) is 6.36. The molecule has 0 aliphatic carbocycles. The number of hydrazine groups is 1. The van der Waals surface area contributed by atoms with Crippen molar-refractivity contribution in [2.24, 2.45) is 0 Å². The number of urea groups is 2. The molecule has 2 rings (SSSR count). The van der Waals surface area contributed by atoms with Gasteiger partial charge < -0.3 is 10.6 Å². The average molecular weight is 437 g/mol. The zero-order valence-corrected chi connectivity index (χ0v) is 20.2. The fourth-order valence-electron chi connectivity index (χ4n) is 3.51. The fourth-order valence-corrected chi connectivity index (χ4v) is 3.51. The Bertz CT molecular complexity index is 967. The molecule has 0 saturated heterocycles. The van der Waals surface area contributed by atoms with Gasteiger partial charge in [0.2, 0.25) is 0 Å². The minimum Gasteiger partial charge on any atom is -0.328 e. The van der Waals surface area contributed by atoms with Gasteiger partial charge in [-0.1, -0.05) is 76.2 Å². The van der Waals surface area contributed by atoms with E-state index in [0.29, 0.717) is 0 Å². The topological polar surface area (TPSA) is 82.3 Å². The van der Waals surface area contributed by atoms with E-state index >= 15 is 0 Å². The lowest BCUT2D eigenvalue weighted by Gasteiger charge is -2.27. The second-order valence-corrected chi connectivity index (χ2v) is 9.27. The Morgan fingerprint density at radius 1 is 0.875 bits per heavy atom. The first-order valence-electron chi connectivity index (χ1n) is 11.0. The van der Waals surface area contributed by atoms with Gasteiger partial charge in [0.25, 0.3) is 0 Å². The Hall–Kier alpha value is -3.28. The van der Waals surface area contributed by atoms with Crippen LogP contribution in [0.5, 0.6) is 0 Å². The first-order chi connectivity index (χ1) is 14.9. The molecule has 4 amide bonds. The third-order valence-electron chi connectivity index (χ3n) is 5.40. The molecule has 6 nitrogen and oxygen atoms in total. The smallest absolute Gasteiger partial charge is 0.328 e. The van der Waals surface area contributed by atoms with E-state index in [1.807, 2.05) is 63.2 Å². The van der Waals surface area contributed by atoms with E-state index in [0.717, 1.165) is 33.5 Å². The molecule has 0 aliphatic heterocycles. The molecule has 0 saturated carbocycles. The van der Waals surface area contributed by atoms with Crippen LogP contribution in [-0.2, 0) is 5.54 Å². The zero-order chi connectivity index (χ0) is 24.1. The zero-order valence-electron chi connectivity index (χ0n) is 20.2. The molecule has 0 spiro atoms. The van der Waals surface area contributed by atoms with E-state index in [1.165, 1.54) is 0 Å². The predicted octanol–water partition coefficient (Wildman–Crippen LogP) is 6.24. The summed E-state index contributed by atoms with van der Waals surface area (Å²) in [6.45, 7) is 18.0. The minimum absolute atomic E-state index is 0.246. The number of carbonyl (C=O) groups excluding carboxylic acids is 2. The first kappa shape index (κ1) is 25.0. The van der Waals surface area contributed by atoms with Crippen molar-refractivity contribution in [1.29, 1.82) is 0 Å². The molecule has 0 heterocycles. The van der Waals surface area contributed by atoms with Gasteiger partial charge in [0, 0.05) is 5.69 Å². The van der Waals surface area contributed by atoms with Crippen molar-refractivity contribution in [1.82, 2.24) is 16.2 Å². The lowest BCUT2D eigenvalue weighted by atomic mass is 9.92. The molecule has 2 aromatic rings. The van der Waals surface area contributed by atoms with Crippen molar-refractivity contribution in [2.75, 3.05) is 5.32 Å². The van der Waals surface area contributed by atoms with Crippen molar-refractivity contribution in [3.05, 3.63) is 71.3 Å². The van der Waals surface area contributed by atoms with Crippen molar-refractivity contribution in [3.63, 3.8) is 0 Å². The van der Waals surface area contributed by atoms with E-state index in [-0.39, 0.29) is 11.8 Å². The Morgan fingerprint density at radius 2 is 1.41 bits per heavy atom. The van der Waals surface area contributed by atoms with Crippen LogP contribution in [0.3, 0.4) is 0 Å². The van der Waals surface area contributed by atoms with Crippen LogP contribution < -0.4 is 21.5 Å². The van der Waals surface area contributed by atoms with Crippen LogP contribution in [0.4, 0.5) is 15.3 Å². The second kappa shape index (κ2) is 10.4. The molecular weight excluding hydrogens is 400 g/mol. The van der Waals surface area contributed by atoms with Crippen LogP contribution in [0.2, 0.25) is 0 Å². The predicted molar refractivity (Wildman–Crippen MR) is 133 cm³/mol. The van der Waals surface area contributed by atoms with Gasteiger partial charge >= 0.3 is 12.1 Å². The first-order valence-corrected chi connectivity index (χ1v) is 11.0. The number of rotatable bonds is 6. The van der Waals surface area contributed by atoms with E-state index in [2.05, 4.69) is 55.8 Å². The summed E-state index contributed by atoms with van der Waals surface area (Å²) in [5.41, 5.74) is 10.0. The molecule has 0 radical (unpaired) electrons. The molecule has 0 aliphatic rings. The summed E-state index contributed by atoms with van der Waals surface area (Å²) in [7, 11) is 0. The normalized spacial score (nSPS) is 11.3. The number of nitrogens with one attached hydrogen (secondary N) is 4. The van der Waals surface area contributed by atoms with Gasteiger partial charge in [-0.3, -0.25) is 0 Å². The van der Waals surface area contributed by atoms with E-state index in [9.17, 15) is 9.59 Å². The van der Waals surface area contributed by atoms with Crippen molar-refractivity contribution in [2.45, 2.75) is 65.8 Å². The summed E-state index contributed by atoms with van der Waals surface area (Å²) in [4.78, 5) is 25.0. The summed E-state index contributed by atoms with van der Waals surface area (Å²) in [6, 6.07) is 12.9. The highest BCUT2D eigenvalue weighted by molar-refractivity contribution is 5.92. The molecule has 6 heteroatoms. The number of hydrogen-bond donors (Lipinski definition) is 4. The van der Waals surface area contributed by atoms with Crippen LogP contribution in [0, 0.1) is 0 Å². The molecule has 2 aromatic carbocycles. The largest absolute Gasteiger partial charge is 0.337 e. The van der Waals surface area contributed by atoms with Crippen LogP contribution in [0.1, 0.15) is 82.6 Å². The van der Waals surface area contributed by atoms with Crippen molar-refractivity contribution >= 4 is 23.3 Å². The molecular formula is C26H36N4O2. The summed E-state index contributed by atoms with van der Waals surface area (Å²) < 4.78 is 0. The maximum Gasteiger partial charge on any atom is 0.337 e. The number of benzene rings is 2. The molecule has 0 aromatic heterocycles. The molecule has 0 unspecified atom stereocenters. The lowest BCUT2D eigenvalue weighted by molar-refractivity contribution is 0.221. The van der Waals surface area contributed by atoms with Gasteiger partial charge in [0.15, 0.2) is 0 Å². The number of hydrogen-bond acceptors (Lipinski definition) is 2. The Balaban J connectivity index is 2.04.